The summed E-state index contributed by atoms with van der Waals surface area (Å²) >= 11 is 1.46. The molecule has 1 rings (SSSR count). The van der Waals surface area contributed by atoms with Crippen molar-refractivity contribution in [3.05, 3.63) is 11.3 Å². The van der Waals surface area contributed by atoms with Crippen molar-refractivity contribution < 1.29 is 14.0 Å². The predicted molar refractivity (Wildman–Crippen MR) is 129 cm³/mol. The standard InChI is InChI=1S/C22H41N3O3SSi/c1-11-13-14-22(7,15-28-30(9,10)21(4,5)6)25-18-17(19(26)27-12-2)16(3)23-20(24-18)29-8/h11-15H2,1-10H3,(H,23,24,25). The number of aryl methyl sites for hydroxylation is 1. The minimum Gasteiger partial charge on any atom is -0.462 e. The summed E-state index contributed by atoms with van der Waals surface area (Å²) in [4.78, 5) is 21.8. The number of unbranched alkanes of at least 4 members (excludes halogenated alkanes) is 1. The Hall–Kier alpha value is -1.12. The molecule has 1 N–H and O–H groups in total. The molecular formula is C22H41N3O3SSi. The highest BCUT2D eigenvalue weighted by molar-refractivity contribution is 7.98. The highest BCUT2D eigenvalue weighted by Gasteiger charge is 2.39. The van der Waals surface area contributed by atoms with Gasteiger partial charge < -0.3 is 14.5 Å². The SMILES string of the molecule is CCCCC(C)(CO[Si](C)(C)C(C)(C)C)Nc1nc(SC)nc(C)c1C(=O)OCC. The smallest absolute Gasteiger partial charge is 0.343 e. The van der Waals surface area contributed by atoms with Crippen molar-refractivity contribution in [1.29, 1.82) is 0 Å². The number of carbonyl (C=O) groups is 1. The summed E-state index contributed by atoms with van der Waals surface area (Å²) in [5.41, 5.74) is 0.673. The molecule has 0 amide bonds. The molecule has 0 aliphatic heterocycles. The summed E-state index contributed by atoms with van der Waals surface area (Å²) in [6.07, 6.45) is 4.98. The van der Waals surface area contributed by atoms with Crippen molar-refractivity contribution in [2.75, 3.05) is 24.8 Å². The van der Waals surface area contributed by atoms with Crippen LogP contribution in [0.5, 0.6) is 0 Å². The van der Waals surface area contributed by atoms with E-state index in [1.807, 2.05) is 13.2 Å². The fraction of sp³-hybridized carbons (Fsp3) is 0.773. The molecule has 0 fully saturated rings. The Balaban J connectivity index is 3.31. The molecule has 1 aromatic heterocycles. The summed E-state index contributed by atoms with van der Waals surface area (Å²) in [6, 6.07) is 0. The average Bonchev–Trinajstić information content (AvgIpc) is 2.64. The predicted octanol–water partition coefficient (Wildman–Crippen LogP) is 6.07. The molecule has 8 heteroatoms. The topological polar surface area (TPSA) is 73.3 Å². The van der Waals surface area contributed by atoms with E-state index in [9.17, 15) is 4.79 Å². The Labute approximate surface area is 188 Å². The van der Waals surface area contributed by atoms with E-state index in [4.69, 9.17) is 9.16 Å². The Kier molecular flexibility index (Phi) is 9.83. The van der Waals surface area contributed by atoms with Crippen LogP contribution in [0.1, 0.15) is 76.9 Å². The first kappa shape index (κ1) is 26.9. The van der Waals surface area contributed by atoms with Crippen molar-refractivity contribution in [3.63, 3.8) is 0 Å². The highest BCUT2D eigenvalue weighted by Crippen LogP contribution is 2.38. The molecule has 6 nitrogen and oxygen atoms in total. The molecule has 172 valence electrons. The van der Waals surface area contributed by atoms with Gasteiger partial charge in [0.15, 0.2) is 13.5 Å². The lowest BCUT2D eigenvalue weighted by molar-refractivity contribution is 0.0525. The van der Waals surface area contributed by atoms with E-state index in [0.29, 0.717) is 35.4 Å². The number of thioether (sulfide) groups is 1. The van der Waals surface area contributed by atoms with E-state index in [2.05, 4.69) is 63.0 Å². The molecule has 0 bridgehead atoms. The van der Waals surface area contributed by atoms with Crippen molar-refractivity contribution in [2.24, 2.45) is 0 Å². The Morgan fingerprint density at radius 3 is 2.30 bits per heavy atom. The van der Waals surface area contributed by atoms with Crippen LogP contribution in [0.25, 0.3) is 0 Å². The Morgan fingerprint density at radius 2 is 1.80 bits per heavy atom. The van der Waals surface area contributed by atoms with Gasteiger partial charge >= 0.3 is 5.97 Å². The van der Waals surface area contributed by atoms with Crippen LogP contribution in [0.4, 0.5) is 5.82 Å². The number of nitrogens with one attached hydrogen (secondary N) is 1. The molecule has 1 aromatic rings. The van der Waals surface area contributed by atoms with Crippen molar-refractivity contribution in [3.8, 4) is 0 Å². The zero-order valence-electron chi connectivity index (χ0n) is 20.6. The summed E-state index contributed by atoms with van der Waals surface area (Å²) in [5, 5.41) is 4.33. The van der Waals surface area contributed by atoms with E-state index in [1.54, 1.807) is 6.92 Å². The first-order valence-electron chi connectivity index (χ1n) is 10.8. The minimum atomic E-state index is -1.92. The number of hydrogen-bond acceptors (Lipinski definition) is 7. The van der Waals surface area contributed by atoms with Gasteiger partial charge in [-0.15, -0.1) is 0 Å². The van der Waals surface area contributed by atoms with Crippen LogP contribution < -0.4 is 5.32 Å². The third-order valence-electron chi connectivity index (χ3n) is 5.79. The van der Waals surface area contributed by atoms with E-state index in [-0.39, 0.29) is 10.6 Å². The van der Waals surface area contributed by atoms with E-state index in [0.717, 1.165) is 19.3 Å². The fourth-order valence-electron chi connectivity index (χ4n) is 2.76. The summed E-state index contributed by atoms with van der Waals surface area (Å²) in [5.74, 6) is 0.135. The Bertz CT molecular complexity index is 722. The maximum atomic E-state index is 12.7. The number of aromatic nitrogens is 2. The molecule has 0 radical (unpaired) electrons. The maximum Gasteiger partial charge on any atom is 0.343 e. The maximum absolute atomic E-state index is 12.7. The van der Waals surface area contributed by atoms with Gasteiger partial charge in [0.05, 0.1) is 24.4 Å². The van der Waals surface area contributed by atoms with Gasteiger partial charge in [-0.05, 0) is 51.6 Å². The van der Waals surface area contributed by atoms with Gasteiger partial charge in [-0.2, -0.15) is 0 Å². The second-order valence-electron chi connectivity index (χ2n) is 9.58. The largest absolute Gasteiger partial charge is 0.462 e. The minimum absolute atomic E-state index is 0.131. The number of rotatable bonds is 11. The van der Waals surface area contributed by atoms with Crippen molar-refractivity contribution >= 4 is 31.9 Å². The quantitative estimate of drug-likeness (QED) is 0.188. The lowest BCUT2D eigenvalue weighted by atomic mass is 9.95. The summed E-state index contributed by atoms with van der Waals surface area (Å²) < 4.78 is 11.9. The van der Waals surface area contributed by atoms with Gasteiger partial charge in [-0.1, -0.05) is 52.3 Å². The molecule has 0 spiro atoms. The van der Waals surface area contributed by atoms with Gasteiger partial charge in [0.2, 0.25) is 0 Å². The average molecular weight is 456 g/mol. The van der Waals surface area contributed by atoms with E-state index < -0.39 is 14.3 Å². The summed E-state index contributed by atoms with van der Waals surface area (Å²) in [7, 11) is -1.92. The molecule has 1 atom stereocenters. The van der Waals surface area contributed by atoms with Crippen LogP contribution in [0.3, 0.4) is 0 Å². The van der Waals surface area contributed by atoms with Gasteiger partial charge in [0.1, 0.15) is 11.4 Å². The first-order chi connectivity index (χ1) is 13.8. The zero-order chi connectivity index (χ0) is 23.2. The third kappa shape index (κ3) is 7.23. The van der Waals surface area contributed by atoms with E-state index >= 15 is 0 Å². The monoisotopic (exact) mass is 455 g/mol. The molecule has 0 aromatic carbocycles. The van der Waals surface area contributed by atoms with Gasteiger partial charge in [0, 0.05) is 0 Å². The number of ether oxygens (including phenoxy) is 1. The molecule has 0 aliphatic carbocycles. The second-order valence-corrected chi connectivity index (χ2v) is 15.2. The van der Waals surface area contributed by atoms with Crippen LogP contribution in [0.2, 0.25) is 18.1 Å². The van der Waals surface area contributed by atoms with Crippen LogP contribution >= 0.6 is 11.8 Å². The van der Waals surface area contributed by atoms with Gasteiger partial charge in [0.25, 0.3) is 0 Å². The molecule has 0 saturated carbocycles. The van der Waals surface area contributed by atoms with Gasteiger partial charge in [-0.3, -0.25) is 0 Å². The fourth-order valence-corrected chi connectivity index (χ4v) is 4.28. The Morgan fingerprint density at radius 1 is 1.17 bits per heavy atom. The van der Waals surface area contributed by atoms with Gasteiger partial charge in [-0.25, -0.2) is 14.8 Å². The molecule has 1 heterocycles. The van der Waals surface area contributed by atoms with Crippen LogP contribution in [-0.2, 0) is 9.16 Å². The second kappa shape index (κ2) is 11.0. The van der Waals surface area contributed by atoms with E-state index in [1.165, 1.54) is 11.8 Å². The highest BCUT2D eigenvalue weighted by atomic mass is 32.2. The molecule has 30 heavy (non-hydrogen) atoms. The number of esters is 1. The zero-order valence-corrected chi connectivity index (χ0v) is 22.4. The van der Waals surface area contributed by atoms with Crippen LogP contribution in [0.15, 0.2) is 5.16 Å². The molecule has 1 unspecified atom stereocenters. The third-order valence-corrected chi connectivity index (χ3v) is 10.8. The number of nitrogens with zero attached hydrogens (tertiary/aromatic N) is 2. The van der Waals surface area contributed by atoms with Crippen LogP contribution in [-0.4, -0.2) is 49.3 Å². The molecular weight excluding hydrogens is 414 g/mol. The number of carbonyl (C=O) groups excluding carboxylic acids is 1. The summed E-state index contributed by atoms with van der Waals surface area (Å²) in [6.45, 7) is 20.1. The first-order valence-corrected chi connectivity index (χ1v) is 15.0. The lowest BCUT2D eigenvalue weighted by Gasteiger charge is -2.40. The van der Waals surface area contributed by atoms with Crippen LogP contribution in [0, 0.1) is 6.92 Å². The number of hydrogen-bond donors (Lipinski definition) is 1. The number of anilines is 1. The van der Waals surface area contributed by atoms with Crippen molar-refractivity contribution in [1.82, 2.24) is 9.97 Å². The normalized spacial score (nSPS) is 14.3. The lowest BCUT2D eigenvalue weighted by Crippen LogP contribution is -2.48. The molecule has 0 saturated heterocycles. The molecule has 0 aliphatic rings. The van der Waals surface area contributed by atoms with Crippen molar-refractivity contribution in [2.45, 2.75) is 96.6 Å².